The van der Waals surface area contributed by atoms with Crippen LogP contribution < -0.4 is 5.32 Å². The molecule has 6 heteroatoms. The zero-order valence-electron chi connectivity index (χ0n) is 16.0. The molecule has 146 valence electrons. The van der Waals surface area contributed by atoms with Crippen molar-refractivity contribution < 1.29 is 4.42 Å². The maximum atomic E-state index is 5.88. The minimum atomic E-state index is 0.371. The number of fused-ring (bicyclic) bond motifs is 1. The maximum Gasteiger partial charge on any atom is 0.320 e. The van der Waals surface area contributed by atoms with Gasteiger partial charge in [-0.25, -0.2) is 0 Å². The summed E-state index contributed by atoms with van der Waals surface area (Å²) in [5.41, 5.74) is 4.09. The molecule has 0 amide bonds. The largest absolute Gasteiger partial charge is 0.403 e. The lowest BCUT2D eigenvalue weighted by Crippen LogP contribution is -1.88. The van der Waals surface area contributed by atoms with Crippen LogP contribution in [0.3, 0.4) is 0 Å². The number of rotatable bonds is 6. The Hall–Kier alpha value is -3.64. The summed E-state index contributed by atoms with van der Waals surface area (Å²) in [6.07, 6.45) is 1.86. The standard InChI is InChI=1S/C24H18N4OS/c1-2-8-18(9-3-1)26-24-28-27-23(29-24)20-11-5-7-13-22(20)30-16-17-14-15-25-21-12-6-4-10-19(17)21/h1-15H,16H2,(H,26,28). The summed E-state index contributed by atoms with van der Waals surface area (Å²) in [6.45, 7) is 0. The van der Waals surface area contributed by atoms with Crippen molar-refractivity contribution in [2.24, 2.45) is 0 Å². The predicted octanol–water partition coefficient (Wildman–Crippen LogP) is 6.32. The van der Waals surface area contributed by atoms with Gasteiger partial charge in [-0.2, -0.15) is 0 Å². The summed E-state index contributed by atoms with van der Waals surface area (Å²) in [6, 6.07) is 28.5. The van der Waals surface area contributed by atoms with E-state index in [2.05, 4.69) is 38.7 Å². The Morgan fingerprint density at radius 3 is 2.53 bits per heavy atom. The van der Waals surface area contributed by atoms with E-state index in [1.807, 2.05) is 72.9 Å². The van der Waals surface area contributed by atoms with E-state index in [1.165, 1.54) is 10.9 Å². The Labute approximate surface area is 178 Å². The van der Waals surface area contributed by atoms with Crippen LogP contribution in [0.5, 0.6) is 0 Å². The van der Waals surface area contributed by atoms with Gasteiger partial charge in [-0.3, -0.25) is 4.98 Å². The molecular weight excluding hydrogens is 392 g/mol. The highest BCUT2D eigenvalue weighted by Gasteiger charge is 2.13. The van der Waals surface area contributed by atoms with Gasteiger partial charge in [0.2, 0.25) is 0 Å². The van der Waals surface area contributed by atoms with Gasteiger partial charge >= 0.3 is 6.01 Å². The van der Waals surface area contributed by atoms with Gasteiger partial charge in [0.25, 0.3) is 5.89 Å². The van der Waals surface area contributed by atoms with Crippen LogP contribution in [0, 0.1) is 0 Å². The third-order valence-electron chi connectivity index (χ3n) is 4.69. The molecule has 0 saturated carbocycles. The third kappa shape index (κ3) is 3.90. The number of nitrogens with one attached hydrogen (secondary N) is 1. The van der Waals surface area contributed by atoms with Gasteiger partial charge in [0.15, 0.2) is 0 Å². The number of anilines is 2. The monoisotopic (exact) mass is 410 g/mol. The first-order valence-electron chi connectivity index (χ1n) is 9.57. The summed E-state index contributed by atoms with van der Waals surface area (Å²) < 4.78 is 5.88. The van der Waals surface area contributed by atoms with Crippen molar-refractivity contribution in [1.29, 1.82) is 0 Å². The van der Waals surface area contributed by atoms with Gasteiger partial charge in [-0.05, 0) is 42.0 Å². The number of hydrogen-bond acceptors (Lipinski definition) is 6. The highest BCUT2D eigenvalue weighted by Crippen LogP contribution is 2.34. The Kier molecular flexibility index (Phi) is 5.14. The van der Waals surface area contributed by atoms with Gasteiger partial charge in [0, 0.05) is 27.9 Å². The van der Waals surface area contributed by atoms with Crippen molar-refractivity contribution in [2.45, 2.75) is 10.6 Å². The van der Waals surface area contributed by atoms with Crippen LogP contribution in [0.25, 0.3) is 22.4 Å². The molecule has 0 bridgehead atoms. The highest BCUT2D eigenvalue weighted by atomic mass is 32.2. The second-order valence-electron chi connectivity index (χ2n) is 6.68. The van der Waals surface area contributed by atoms with Crippen molar-refractivity contribution in [3.8, 4) is 11.5 Å². The molecule has 0 atom stereocenters. The fourth-order valence-electron chi connectivity index (χ4n) is 3.23. The average molecular weight is 411 g/mol. The molecule has 1 N–H and O–H groups in total. The lowest BCUT2D eigenvalue weighted by atomic mass is 10.1. The van der Waals surface area contributed by atoms with Gasteiger partial charge in [0.1, 0.15) is 0 Å². The van der Waals surface area contributed by atoms with E-state index in [9.17, 15) is 0 Å². The van der Waals surface area contributed by atoms with Gasteiger partial charge in [-0.15, -0.1) is 16.9 Å². The molecule has 2 aromatic heterocycles. The first kappa shape index (κ1) is 18.4. The molecule has 0 fully saturated rings. The van der Waals surface area contributed by atoms with Crippen molar-refractivity contribution in [1.82, 2.24) is 15.2 Å². The number of nitrogens with zero attached hydrogens (tertiary/aromatic N) is 3. The Morgan fingerprint density at radius 1 is 0.800 bits per heavy atom. The molecular formula is C24H18N4OS. The number of para-hydroxylation sites is 2. The number of aromatic nitrogens is 3. The summed E-state index contributed by atoms with van der Waals surface area (Å²) in [4.78, 5) is 5.54. The summed E-state index contributed by atoms with van der Waals surface area (Å²) in [5.74, 6) is 1.32. The maximum absolute atomic E-state index is 5.88. The Morgan fingerprint density at radius 2 is 1.60 bits per heavy atom. The SMILES string of the molecule is c1ccc(Nc2nnc(-c3ccccc3SCc3ccnc4ccccc34)o2)cc1. The van der Waals surface area contributed by atoms with Crippen LogP contribution in [0.2, 0.25) is 0 Å². The molecule has 5 aromatic rings. The third-order valence-corrected chi connectivity index (χ3v) is 5.81. The van der Waals surface area contributed by atoms with Crippen molar-refractivity contribution >= 4 is 34.4 Å². The first-order valence-corrected chi connectivity index (χ1v) is 10.6. The number of thioether (sulfide) groups is 1. The van der Waals surface area contributed by atoms with E-state index in [0.29, 0.717) is 11.9 Å². The van der Waals surface area contributed by atoms with E-state index in [1.54, 1.807) is 11.8 Å². The van der Waals surface area contributed by atoms with Gasteiger partial charge < -0.3 is 9.73 Å². The molecule has 0 unspecified atom stereocenters. The summed E-state index contributed by atoms with van der Waals surface area (Å²) in [5, 5.41) is 12.7. The molecule has 0 radical (unpaired) electrons. The van der Waals surface area contributed by atoms with Crippen LogP contribution >= 0.6 is 11.8 Å². The van der Waals surface area contributed by atoms with Gasteiger partial charge in [0.05, 0.1) is 11.1 Å². The second-order valence-corrected chi connectivity index (χ2v) is 7.69. The molecule has 2 heterocycles. The Balaban J connectivity index is 1.38. The molecule has 5 nitrogen and oxygen atoms in total. The molecule has 0 aliphatic rings. The molecule has 0 aliphatic heterocycles. The first-order chi connectivity index (χ1) is 14.9. The molecule has 0 saturated heterocycles. The molecule has 3 aromatic carbocycles. The van der Waals surface area contributed by atoms with Crippen LogP contribution in [0.4, 0.5) is 11.7 Å². The van der Waals surface area contributed by atoms with Crippen LogP contribution in [0.1, 0.15) is 5.56 Å². The van der Waals surface area contributed by atoms with Crippen molar-refractivity contribution in [3.63, 3.8) is 0 Å². The molecule has 0 aliphatic carbocycles. The molecule has 0 spiro atoms. The van der Waals surface area contributed by atoms with Crippen LogP contribution in [-0.4, -0.2) is 15.2 Å². The number of hydrogen-bond donors (Lipinski definition) is 1. The molecule has 5 rings (SSSR count). The van der Waals surface area contributed by atoms with Crippen molar-refractivity contribution in [2.75, 3.05) is 5.32 Å². The highest BCUT2D eigenvalue weighted by molar-refractivity contribution is 7.98. The van der Waals surface area contributed by atoms with Gasteiger partial charge in [-0.1, -0.05) is 53.6 Å². The lowest BCUT2D eigenvalue weighted by Gasteiger charge is -2.08. The van der Waals surface area contributed by atoms with E-state index < -0.39 is 0 Å². The van der Waals surface area contributed by atoms with Crippen LogP contribution in [-0.2, 0) is 5.75 Å². The normalized spacial score (nSPS) is 10.9. The number of pyridine rings is 1. The Bertz CT molecular complexity index is 1280. The minimum Gasteiger partial charge on any atom is -0.403 e. The predicted molar refractivity (Wildman–Crippen MR) is 121 cm³/mol. The second kappa shape index (κ2) is 8.39. The zero-order chi connectivity index (χ0) is 20.2. The van der Waals surface area contributed by atoms with E-state index in [0.717, 1.165) is 27.4 Å². The molecule has 30 heavy (non-hydrogen) atoms. The zero-order valence-corrected chi connectivity index (χ0v) is 16.8. The lowest BCUT2D eigenvalue weighted by molar-refractivity contribution is 0.586. The van der Waals surface area contributed by atoms with E-state index in [4.69, 9.17) is 4.42 Å². The fourth-order valence-corrected chi connectivity index (χ4v) is 4.28. The summed E-state index contributed by atoms with van der Waals surface area (Å²) in [7, 11) is 0. The topological polar surface area (TPSA) is 63.8 Å². The van der Waals surface area contributed by atoms with Crippen LogP contribution in [0.15, 0.2) is 100 Å². The van der Waals surface area contributed by atoms with E-state index >= 15 is 0 Å². The smallest absolute Gasteiger partial charge is 0.320 e. The summed E-state index contributed by atoms with van der Waals surface area (Å²) >= 11 is 1.75. The number of benzene rings is 3. The minimum absolute atomic E-state index is 0.371. The fraction of sp³-hybridized carbons (Fsp3) is 0.0417. The average Bonchev–Trinajstić information content (AvgIpc) is 3.27. The van der Waals surface area contributed by atoms with Crippen molar-refractivity contribution in [3.05, 3.63) is 96.7 Å². The quantitative estimate of drug-likeness (QED) is 0.330. The van der Waals surface area contributed by atoms with E-state index in [-0.39, 0.29) is 0 Å².